The van der Waals surface area contributed by atoms with Crippen LogP contribution < -0.4 is 4.90 Å². The second kappa shape index (κ2) is 5.04. The summed E-state index contributed by atoms with van der Waals surface area (Å²) in [4.78, 5) is 13.5. The van der Waals surface area contributed by atoms with Crippen LogP contribution >= 0.6 is 0 Å². The minimum Gasteiger partial charge on any atom is -0.363 e. The number of hydrogen-bond donors (Lipinski definition) is 0. The summed E-state index contributed by atoms with van der Waals surface area (Å²) in [6.07, 6.45) is 0.679. The van der Waals surface area contributed by atoms with E-state index in [-0.39, 0.29) is 17.5 Å². The molecule has 0 saturated carbocycles. The smallest absolute Gasteiger partial charge is 0.245 e. The fraction of sp³-hybridized carbons (Fsp3) is 0.533. The molecule has 2 aliphatic rings. The van der Waals surface area contributed by atoms with E-state index in [0.29, 0.717) is 19.6 Å². The van der Waals surface area contributed by atoms with Gasteiger partial charge in [-0.25, -0.2) is 8.42 Å². The van der Waals surface area contributed by atoms with Crippen molar-refractivity contribution >= 4 is 21.6 Å². The number of anilines is 1. The summed E-state index contributed by atoms with van der Waals surface area (Å²) >= 11 is 0. The van der Waals surface area contributed by atoms with Gasteiger partial charge in [0.2, 0.25) is 15.9 Å². The van der Waals surface area contributed by atoms with Gasteiger partial charge in [-0.2, -0.15) is 4.31 Å². The molecular weight excluding hydrogens is 304 g/mol. The zero-order valence-electron chi connectivity index (χ0n) is 13.0. The van der Waals surface area contributed by atoms with Gasteiger partial charge in [-0.1, -0.05) is 0 Å². The van der Waals surface area contributed by atoms with Gasteiger partial charge in [-0.15, -0.1) is 0 Å². The second-order valence-electron chi connectivity index (χ2n) is 6.35. The maximum absolute atomic E-state index is 12.8. The zero-order chi connectivity index (χ0) is 16.1. The van der Waals surface area contributed by atoms with Crippen molar-refractivity contribution < 1.29 is 17.9 Å². The Morgan fingerprint density at radius 2 is 2.05 bits per heavy atom. The molecule has 22 heavy (non-hydrogen) atoms. The Bertz CT molecular complexity index is 727. The van der Waals surface area contributed by atoms with Gasteiger partial charge in [-0.05, 0) is 44.0 Å². The van der Waals surface area contributed by atoms with Gasteiger partial charge in [-0.3, -0.25) is 4.79 Å². The van der Waals surface area contributed by atoms with Crippen LogP contribution in [0.5, 0.6) is 0 Å². The summed E-state index contributed by atoms with van der Waals surface area (Å²) in [5.74, 6) is -0.0246. The van der Waals surface area contributed by atoms with Gasteiger partial charge in [0.25, 0.3) is 0 Å². The van der Waals surface area contributed by atoms with E-state index in [9.17, 15) is 13.2 Å². The van der Waals surface area contributed by atoms with E-state index < -0.39 is 15.6 Å². The van der Waals surface area contributed by atoms with E-state index in [1.807, 2.05) is 13.8 Å². The van der Waals surface area contributed by atoms with Crippen LogP contribution in [0.3, 0.4) is 0 Å². The molecule has 0 bridgehead atoms. The molecule has 0 N–H and O–H groups in total. The number of carbonyl (C=O) groups is 1. The third-order valence-electron chi connectivity index (χ3n) is 4.25. The standard InChI is InChI=1S/C15H20N2O4S/c1-11(18)16-7-6-12-8-13(4-5-14(12)16)22(19,20)17-10-21-9-15(17,2)3/h4-5,8H,6-7,9-10H2,1-3H3. The first-order chi connectivity index (χ1) is 10.2. The van der Waals surface area contributed by atoms with E-state index in [1.165, 1.54) is 11.2 Å². The lowest BCUT2D eigenvalue weighted by atomic mass is 10.1. The van der Waals surface area contributed by atoms with Crippen LogP contribution in [0.4, 0.5) is 5.69 Å². The molecule has 0 spiro atoms. The monoisotopic (exact) mass is 324 g/mol. The summed E-state index contributed by atoms with van der Waals surface area (Å²) in [7, 11) is -3.60. The Morgan fingerprint density at radius 3 is 2.64 bits per heavy atom. The van der Waals surface area contributed by atoms with Crippen LogP contribution in [0, 0.1) is 0 Å². The number of nitrogens with zero attached hydrogens (tertiary/aromatic N) is 2. The van der Waals surface area contributed by atoms with Crippen LogP contribution in [0.15, 0.2) is 23.1 Å². The molecule has 3 rings (SSSR count). The maximum Gasteiger partial charge on any atom is 0.245 e. The highest BCUT2D eigenvalue weighted by molar-refractivity contribution is 7.89. The van der Waals surface area contributed by atoms with Crippen LogP contribution in [0.25, 0.3) is 0 Å². The molecule has 6 nitrogen and oxygen atoms in total. The highest BCUT2D eigenvalue weighted by Gasteiger charge is 2.42. The fourth-order valence-electron chi connectivity index (χ4n) is 3.01. The van der Waals surface area contributed by atoms with Gasteiger partial charge >= 0.3 is 0 Å². The molecule has 0 aliphatic carbocycles. The zero-order valence-corrected chi connectivity index (χ0v) is 13.8. The molecule has 0 unspecified atom stereocenters. The molecule has 1 saturated heterocycles. The predicted octanol–water partition coefficient (Wildman–Crippen LogP) is 1.35. The topological polar surface area (TPSA) is 66.9 Å². The average Bonchev–Trinajstić information content (AvgIpc) is 3.00. The van der Waals surface area contributed by atoms with Gasteiger partial charge in [0, 0.05) is 19.2 Å². The highest BCUT2D eigenvalue weighted by Crippen LogP contribution is 2.34. The van der Waals surface area contributed by atoms with Crippen molar-refractivity contribution in [3.8, 4) is 0 Å². The molecule has 1 fully saturated rings. The number of fused-ring (bicyclic) bond motifs is 1. The average molecular weight is 324 g/mol. The Hall–Kier alpha value is -1.44. The molecule has 120 valence electrons. The van der Waals surface area contributed by atoms with E-state index in [2.05, 4.69) is 0 Å². The molecule has 1 aromatic carbocycles. The molecule has 0 radical (unpaired) electrons. The maximum atomic E-state index is 12.8. The summed E-state index contributed by atoms with van der Waals surface area (Å²) in [5, 5.41) is 0. The first kappa shape index (κ1) is 15.5. The molecular formula is C15H20N2O4S. The van der Waals surface area contributed by atoms with E-state index >= 15 is 0 Å². The van der Waals surface area contributed by atoms with Crippen LogP contribution in [0.1, 0.15) is 26.3 Å². The van der Waals surface area contributed by atoms with Gasteiger partial charge in [0.05, 0.1) is 17.0 Å². The first-order valence-electron chi connectivity index (χ1n) is 7.25. The minimum atomic E-state index is -3.60. The first-order valence-corrected chi connectivity index (χ1v) is 8.69. The fourth-order valence-corrected chi connectivity index (χ4v) is 4.72. The predicted molar refractivity (Wildman–Crippen MR) is 82.1 cm³/mol. The lowest BCUT2D eigenvalue weighted by Gasteiger charge is -2.28. The highest BCUT2D eigenvalue weighted by atomic mass is 32.2. The third-order valence-corrected chi connectivity index (χ3v) is 6.28. The quantitative estimate of drug-likeness (QED) is 0.824. The second-order valence-corrected chi connectivity index (χ2v) is 8.22. The summed E-state index contributed by atoms with van der Waals surface area (Å²) in [6, 6.07) is 4.98. The number of rotatable bonds is 2. The number of carbonyl (C=O) groups excluding carboxylic acids is 1. The van der Waals surface area contributed by atoms with Crippen molar-refractivity contribution in [3.05, 3.63) is 23.8 Å². The van der Waals surface area contributed by atoms with Crippen molar-refractivity contribution in [1.82, 2.24) is 4.31 Å². The minimum absolute atomic E-state index is 0.0246. The molecule has 7 heteroatoms. The Labute approximate surface area is 130 Å². The van der Waals surface area contributed by atoms with E-state index in [4.69, 9.17) is 4.74 Å². The number of hydrogen-bond acceptors (Lipinski definition) is 4. The Kier molecular flexibility index (Phi) is 3.54. The lowest BCUT2D eigenvalue weighted by molar-refractivity contribution is -0.116. The molecule has 0 aromatic heterocycles. The molecule has 2 aliphatic heterocycles. The van der Waals surface area contributed by atoms with Gasteiger partial charge < -0.3 is 9.64 Å². The summed E-state index contributed by atoms with van der Waals surface area (Å²) in [5.41, 5.74) is 1.15. The molecule has 1 amide bonds. The van der Waals surface area contributed by atoms with Crippen molar-refractivity contribution in [1.29, 1.82) is 0 Å². The van der Waals surface area contributed by atoms with Crippen LogP contribution in [-0.4, -0.2) is 44.1 Å². The van der Waals surface area contributed by atoms with E-state index in [0.717, 1.165) is 11.3 Å². The number of benzene rings is 1. The molecule has 1 aromatic rings. The van der Waals surface area contributed by atoms with E-state index in [1.54, 1.807) is 23.1 Å². The summed E-state index contributed by atoms with van der Waals surface area (Å²) in [6.45, 7) is 6.28. The third kappa shape index (κ3) is 2.33. The Balaban J connectivity index is 1.99. The van der Waals surface area contributed by atoms with Crippen molar-refractivity contribution in [2.24, 2.45) is 0 Å². The van der Waals surface area contributed by atoms with Crippen molar-refractivity contribution in [3.63, 3.8) is 0 Å². The summed E-state index contributed by atoms with van der Waals surface area (Å²) < 4.78 is 32.4. The number of ether oxygens (including phenoxy) is 1. The van der Waals surface area contributed by atoms with Crippen LogP contribution in [-0.2, 0) is 26.0 Å². The van der Waals surface area contributed by atoms with Crippen molar-refractivity contribution in [2.45, 2.75) is 37.6 Å². The SMILES string of the molecule is CC(=O)N1CCc2cc(S(=O)(=O)N3COCC3(C)C)ccc21. The number of sulfonamides is 1. The van der Waals surface area contributed by atoms with Gasteiger partial charge in [0.15, 0.2) is 0 Å². The lowest BCUT2D eigenvalue weighted by Crippen LogP contribution is -2.44. The van der Waals surface area contributed by atoms with Crippen LogP contribution in [0.2, 0.25) is 0 Å². The normalized spacial score (nSPS) is 21.1. The van der Waals surface area contributed by atoms with Gasteiger partial charge in [0.1, 0.15) is 6.73 Å². The van der Waals surface area contributed by atoms with Crippen molar-refractivity contribution in [2.75, 3.05) is 24.8 Å². The molecule has 2 heterocycles. The molecule has 0 atom stereocenters. The largest absolute Gasteiger partial charge is 0.363 e. The Morgan fingerprint density at radius 1 is 1.32 bits per heavy atom. The number of amides is 1.